The molecule has 1 amide bonds. The lowest BCUT2D eigenvalue weighted by atomic mass is 10.1. The number of amides is 1. The Hall–Kier alpha value is -1.35. The minimum absolute atomic E-state index is 0.0320. The van der Waals surface area contributed by atoms with E-state index in [1.807, 2.05) is 24.3 Å². The van der Waals surface area contributed by atoms with E-state index in [9.17, 15) is 9.90 Å². The molecular formula is C14H19NO2. The quantitative estimate of drug-likeness (QED) is 0.865. The van der Waals surface area contributed by atoms with Crippen molar-refractivity contribution >= 4 is 5.91 Å². The molecule has 1 atom stereocenters. The second kappa shape index (κ2) is 5.32. The standard InChI is InChI=1S/C14H19NO2/c1-2-3-11-4-6-12(7-5-11)14(17)15-9-8-13(16)10-15/h4-7,13,16H,2-3,8-10H2,1H3/t13-/m1/s1. The highest BCUT2D eigenvalue weighted by Crippen LogP contribution is 2.14. The van der Waals surface area contributed by atoms with Crippen LogP contribution in [0.4, 0.5) is 0 Å². The van der Waals surface area contributed by atoms with Crippen molar-refractivity contribution in [1.29, 1.82) is 0 Å². The average molecular weight is 233 g/mol. The molecule has 3 nitrogen and oxygen atoms in total. The molecule has 1 N–H and O–H groups in total. The highest BCUT2D eigenvalue weighted by Gasteiger charge is 2.25. The number of hydrogen-bond acceptors (Lipinski definition) is 2. The molecule has 1 heterocycles. The van der Waals surface area contributed by atoms with Crippen molar-refractivity contribution in [1.82, 2.24) is 4.90 Å². The van der Waals surface area contributed by atoms with Gasteiger partial charge in [0.2, 0.25) is 0 Å². The van der Waals surface area contributed by atoms with Crippen molar-refractivity contribution in [3.8, 4) is 0 Å². The normalized spacial score (nSPS) is 19.6. The molecule has 0 radical (unpaired) electrons. The van der Waals surface area contributed by atoms with E-state index >= 15 is 0 Å². The van der Waals surface area contributed by atoms with E-state index in [1.54, 1.807) is 4.90 Å². The van der Waals surface area contributed by atoms with Crippen LogP contribution in [-0.4, -0.2) is 35.1 Å². The van der Waals surface area contributed by atoms with Crippen molar-refractivity contribution in [2.45, 2.75) is 32.3 Å². The molecule has 1 aromatic carbocycles. The molecule has 0 saturated carbocycles. The number of rotatable bonds is 3. The van der Waals surface area contributed by atoms with Gasteiger partial charge in [-0.05, 0) is 30.5 Å². The van der Waals surface area contributed by atoms with Gasteiger partial charge in [-0.2, -0.15) is 0 Å². The van der Waals surface area contributed by atoms with Crippen LogP contribution in [0, 0.1) is 0 Å². The largest absolute Gasteiger partial charge is 0.391 e. The molecule has 0 spiro atoms. The first kappa shape index (κ1) is 12.1. The highest BCUT2D eigenvalue weighted by molar-refractivity contribution is 5.94. The Bertz CT molecular complexity index is 386. The third kappa shape index (κ3) is 2.86. The fraction of sp³-hybridized carbons (Fsp3) is 0.500. The number of aryl methyl sites for hydroxylation is 1. The number of benzene rings is 1. The number of β-amino-alcohol motifs (C(OH)–C–C–N with tert-alkyl or cyclic N) is 1. The molecule has 1 saturated heterocycles. The summed E-state index contributed by atoms with van der Waals surface area (Å²) < 4.78 is 0. The first-order chi connectivity index (χ1) is 8.20. The molecule has 1 aromatic rings. The van der Waals surface area contributed by atoms with Crippen molar-refractivity contribution in [2.75, 3.05) is 13.1 Å². The van der Waals surface area contributed by atoms with Gasteiger partial charge in [-0.1, -0.05) is 25.5 Å². The Balaban J connectivity index is 2.04. The number of aliphatic hydroxyl groups is 1. The third-order valence-corrected chi connectivity index (χ3v) is 3.19. The van der Waals surface area contributed by atoms with Crippen molar-refractivity contribution < 1.29 is 9.90 Å². The Morgan fingerprint density at radius 1 is 1.41 bits per heavy atom. The van der Waals surface area contributed by atoms with Gasteiger partial charge in [0.1, 0.15) is 0 Å². The van der Waals surface area contributed by atoms with E-state index in [2.05, 4.69) is 6.92 Å². The Kier molecular flexibility index (Phi) is 3.79. The van der Waals surface area contributed by atoms with Gasteiger partial charge in [0.25, 0.3) is 5.91 Å². The fourth-order valence-electron chi connectivity index (χ4n) is 2.21. The second-order valence-corrected chi connectivity index (χ2v) is 4.64. The lowest BCUT2D eigenvalue weighted by molar-refractivity contribution is 0.0765. The predicted molar refractivity (Wildman–Crippen MR) is 67.0 cm³/mol. The summed E-state index contributed by atoms with van der Waals surface area (Å²) in [6.45, 7) is 3.27. The van der Waals surface area contributed by atoms with Gasteiger partial charge in [0.15, 0.2) is 0 Å². The van der Waals surface area contributed by atoms with Crippen LogP contribution in [0.1, 0.15) is 35.7 Å². The van der Waals surface area contributed by atoms with Gasteiger partial charge in [0.05, 0.1) is 6.10 Å². The topological polar surface area (TPSA) is 40.5 Å². The van der Waals surface area contributed by atoms with E-state index in [4.69, 9.17) is 0 Å². The van der Waals surface area contributed by atoms with E-state index < -0.39 is 0 Å². The summed E-state index contributed by atoms with van der Waals surface area (Å²) in [5, 5.41) is 9.42. The number of carbonyl (C=O) groups is 1. The van der Waals surface area contributed by atoms with E-state index in [-0.39, 0.29) is 12.0 Å². The molecule has 1 fully saturated rings. The average Bonchev–Trinajstić information content (AvgIpc) is 2.76. The summed E-state index contributed by atoms with van der Waals surface area (Å²) in [6, 6.07) is 7.81. The van der Waals surface area contributed by atoms with E-state index in [0.29, 0.717) is 19.5 Å². The van der Waals surface area contributed by atoms with Crippen LogP contribution in [-0.2, 0) is 6.42 Å². The minimum atomic E-state index is -0.349. The highest BCUT2D eigenvalue weighted by atomic mass is 16.3. The Labute approximate surface area is 102 Å². The maximum absolute atomic E-state index is 12.1. The van der Waals surface area contributed by atoms with Crippen LogP contribution < -0.4 is 0 Å². The summed E-state index contributed by atoms with van der Waals surface area (Å²) in [5.74, 6) is 0.0320. The van der Waals surface area contributed by atoms with Crippen LogP contribution in [0.15, 0.2) is 24.3 Å². The van der Waals surface area contributed by atoms with Gasteiger partial charge in [-0.3, -0.25) is 4.79 Å². The molecule has 1 aliphatic heterocycles. The summed E-state index contributed by atoms with van der Waals surface area (Å²) in [7, 11) is 0. The van der Waals surface area contributed by atoms with Crippen LogP contribution in [0.3, 0.4) is 0 Å². The smallest absolute Gasteiger partial charge is 0.253 e. The van der Waals surface area contributed by atoms with Gasteiger partial charge in [-0.15, -0.1) is 0 Å². The number of carbonyl (C=O) groups excluding carboxylic acids is 1. The first-order valence-corrected chi connectivity index (χ1v) is 6.27. The predicted octanol–water partition coefficient (Wildman–Crippen LogP) is 1.85. The second-order valence-electron chi connectivity index (χ2n) is 4.64. The summed E-state index contributed by atoms with van der Waals surface area (Å²) in [6.07, 6.45) is 2.51. The number of likely N-dealkylation sites (tertiary alicyclic amines) is 1. The van der Waals surface area contributed by atoms with Crippen molar-refractivity contribution in [2.24, 2.45) is 0 Å². The van der Waals surface area contributed by atoms with Crippen LogP contribution in [0.25, 0.3) is 0 Å². The zero-order valence-corrected chi connectivity index (χ0v) is 10.2. The van der Waals surface area contributed by atoms with Crippen molar-refractivity contribution in [3.05, 3.63) is 35.4 Å². The Morgan fingerprint density at radius 2 is 2.12 bits per heavy atom. The fourth-order valence-corrected chi connectivity index (χ4v) is 2.21. The lowest BCUT2D eigenvalue weighted by Crippen LogP contribution is -2.29. The zero-order valence-electron chi connectivity index (χ0n) is 10.2. The lowest BCUT2D eigenvalue weighted by Gasteiger charge is -2.15. The molecule has 1 aliphatic rings. The molecule has 0 aliphatic carbocycles. The first-order valence-electron chi connectivity index (χ1n) is 6.27. The summed E-state index contributed by atoms with van der Waals surface area (Å²) in [4.78, 5) is 13.8. The van der Waals surface area contributed by atoms with Crippen LogP contribution in [0.2, 0.25) is 0 Å². The van der Waals surface area contributed by atoms with Gasteiger partial charge in [0, 0.05) is 18.7 Å². The summed E-state index contributed by atoms with van der Waals surface area (Å²) in [5.41, 5.74) is 1.99. The zero-order chi connectivity index (χ0) is 12.3. The molecule has 2 rings (SSSR count). The molecule has 0 aromatic heterocycles. The van der Waals surface area contributed by atoms with E-state index in [0.717, 1.165) is 18.4 Å². The van der Waals surface area contributed by atoms with Crippen molar-refractivity contribution in [3.63, 3.8) is 0 Å². The van der Waals surface area contributed by atoms with Crippen LogP contribution in [0.5, 0.6) is 0 Å². The van der Waals surface area contributed by atoms with E-state index in [1.165, 1.54) is 5.56 Å². The van der Waals surface area contributed by atoms with Gasteiger partial charge >= 0.3 is 0 Å². The van der Waals surface area contributed by atoms with Crippen LogP contribution >= 0.6 is 0 Å². The minimum Gasteiger partial charge on any atom is -0.391 e. The maximum Gasteiger partial charge on any atom is 0.253 e. The van der Waals surface area contributed by atoms with Gasteiger partial charge < -0.3 is 10.0 Å². The number of hydrogen-bond donors (Lipinski definition) is 1. The molecule has 17 heavy (non-hydrogen) atoms. The number of nitrogens with zero attached hydrogens (tertiary/aromatic N) is 1. The molecule has 0 unspecified atom stereocenters. The molecular weight excluding hydrogens is 214 g/mol. The molecule has 92 valence electrons. The SMILES string of the molecule is CCCc1ccc(C(=O)N2CC[C@@H](O)C2)cc1. The summed E-state index contributed by atoms with van der Waals surface area (Å²) >= 11 is 0. The third-order valence-electron chi connectivity index (χ3n) is 3.19. The molecule has 3 heteroatoms. The van der Waals surface area contributed by atoms with Gasteiger partial charge in [-0.25, -0.2) is 0 Å². The Morgan fingerprint density at radius 3 is 2.65 bits per heavy atom. The maximum atomic E-state index is 12.1. The number of aliphatic hydroxyl groups excluding tert-OH is 1. The molecule has 0 bridgehead atoms. The monoisotopic (exact) mass is 233 g/mol.